The van der Waals surface area contributed by atoms with Crippen LogP contribution in [-0.2, 0) is 16.6 Å². The minimum atomic E-state index is -3.72. The zero-order valence-corrected chi connectivity index (χ0v) is 18.6. The molecular weight excluding hydrogens is 378 g/mol. The summed E-state index contributed by atoms with van der Waals surface area (Å²) in [5.41, 5.74) is 5.30. The van der Waals surface area contributed by atoms with Gasteiger partial charge < -0.3 is 14.2 Å². The van der Waals surface area contributed by atoms with Gasteiger partial charge in [-0.1, -0.05) is 0 Å². The third-order valence-electron chi connectivity index (χ3n) is 5.44. The highest BCUT2D eigenvalue weighted by Crippen LogP contribution is 2.35. The molecule has 1 N–H and O–H groups in total. The highest BCUT2D eigenvalue weighted by Gasteiger charge is 2.24. The van der Waals surface area contributed by atoms with Crippen LogP contribution in [0.4, 0.5) is 0 Å². The maximum absolute atomic E-state index is 13.1. The van der Waals surface area contributed by atoms with Gasteiger partial charge in [0.25, 0.3) is 0 Å². The lowest BCUT2D eigenvalue weighted by molar-refractivity contribution is 0.347. The Labute approximate surface area is 167 Å². The van der Waals surface area contributed by atoms with E-state index in [-0.39, 0.29) is 6.54 Å². The molecule has 6 nitrogen and oxygen atoms in total. The van der Waals surface area contributed by atoms with Crippen molar-refractivity contribution in [2.75, 3.05) is 21.3 Å². The van der Waals surface area contributed by atoms with Gasteiger partial charge in [-0.15, -0.1) is 0 Å². The number of ether oxygens (including phenoxy) is 3. The molecule has 0 aromatic heterocycles. The molecule has 0 aliphatic heterocycles. The molecule has 0 bridgehead atoms. The largest absolute Gasteiger partial charge is 0.496 e. The van der Waals surface area contributed by atoms with Gasteiger partial charge >= 0.3 is 0 Å². The van der Waals surface area contributed by atoms with E-state index in [0.29, 0.717) is 27.7 Å². The fraction of sp³-hybridized carbons (Fsp3) is 0.429. The Hall–Kier alpha value is -2.25. The molecule has 0 unspecified atom stereocenters. The molecule has 2 rings (SSSR count). The molecule has 0 saturated carbocycles. The third-order valence-corrected chi connectivity index (χ3v) is 7.11. The number of nitrogens with one attached hydrogen (secondary N) is 1. The second kappa shape index (κ2) is 8.41. The second-order valence-corrected chi connectivity index (χ2v) is 8.50. The minimum Gasteiger partial charge on any atom is -0.496 e. The minimum absolute atomic E-state index is 0.0662. The average Bonchev–Trinajstić information content (AvgIpc) is 2.68. The van der Waals surface area contributed by atoms with Crippen LogP contribution < -0.4 is 18.9 Å². The molecule has 7 heteroatoms. The van der Waals surface area contributed by atoms with Gasteiger partial charge in [0.2, 0.25) is 10.0 Å². The standard InChI is InChI=1S/C21H29NO5S/c1-12-13(2)15(4)21(16(5)14(12)3)28(23,24)22-11-17-9-19(26-7)20(27-8)10-18(17)25-6/h9-10,22H,11H2,1-8H3. The Morgan fingerprint density at radius 3 is 1.61 bits per heavy atom. The van der Waals surface area contributed by atoms with Crippen molar-refractivity contribution >= 4 is 10.0 Å². The van der Waals surface area contributed by atoms with Crippen molar-refractivity contribution in [2.24, 2.45) is 0 Å². The summed E-state index contributed by atoms with van der Waals surface area (Å²) in [5, 5.41) is 0. The fourth-order valence-electron chi connectivity index (χ4n) is 3.34. The topological polar surface area (TPSA) is 73.9 Å². The molecule has 0 atom stereocenters. The molecule has 0 aliphatic carbocycles. The number of sulfonamides is 1. The van der Waals surface area contributed by atoms with Gasteiger partial charge in [0.15, 0.2) is 11.5 Å². The summed E-state index contributed by atoms with van der Waals surface area (Å²) in [7, 11) is 0.874. The molecular formula is C21H29NO5S. The summed E-state index contributed by atoms with van der Waals surface area (Å²) < 4.78 is 45.0. The lowest BCUT2D eigenvalue weighted by atomic mass is 9.95. The van der Waals surface area contributed by atoms with Crippen molar-refractivity contribution in [1.29, 1.82) is 0 Å². The summed E-state index contributed by atoms with van der Waals surface area (Å²) in [6.45, 7) is 9.68. The maximum atomic E-state index is 13.1. The summed E-state index contributed by atoms with van der Waals surface area (Å²) in [6.07, 6.45) is 0. The first kappa shape index (κ1) is 22.0. The third kappa shape index (κ3) is 3.95. The van der Waals surface area contributed by atoms with Crippen LogP contribution >= 0.6 is 0 Å². The van der Waals surface area contributed by atoms with Gasteiger partial charge in [0.05, 0.1) is 26.2 Å². The van der Waals surface area contributed by atoms with Crippen LogP contribution in [0.15, 0.2) is 17.0 Å². The van der Waals surface area contributed by atoms with Gasteiger partial charge in [-0.2, -0.15) is 0 Å². The smallest absolute Gasteiger partial charge is 0.241 e. The highest BCUT2D eigenvalue weighted by molar-refractivity contribution is 7.89. The van der Waals surface area contributed by atoms with E-state index < -0.39 is 10.0 Å². The van der Waals surface area contributed by atoms with Gasteiger partial charge in [0.1, 0.15) is 5.75 Å². The van der Waals surface area contributed by atoms with Crippen LogP contribution in [0, 0.1) is 34.6 Å². The maximum Gasteiger partial charge on any atom is 0.241 e. The van der Waals surface area contributed by atoms with Crippen molar-refractivity contribution in [3.05, 3.63) is 45.5 Å². The van der Waals surface area contributed by atoms with Gasteiger partial charge in [-0.05, 0) is 68.5 Å². The van der Waals surface area contributed by atoms with E-state index >= 15 is 0 Å². The van der Waals surface area contributed by atoms with E-state index in [0.717, 1.165) is 27.8 Å². The van der Waals surface area contributed by atoms with Crippen molar-refractivity contribution < 1.29 is 22.6 Å². The molecule has 0 radical (unpaired) electrons. The monoisotopic (exact) mass is 407 g/mol. The summed E-state index contributed by atoms with van der Waals surface area (Å²) >= 11 is 0. The number of benzene rings is 2. The Kier molecular flexibility index (Phi) is 6.62. The normalized spacial score (nSPS) is 11.4. The fourth-order valence-corrected chi connectivity index (χ4v) is 4.95. The SMILES string of the molecule is COc1cc(OC)c(OC)cc1CNS(=O)(=O)c1c(C)c(C)c(C)c(C)c1C. The van der Waals surface area contributed by atoms with E-state index in [4.69, 9.17) is 14.2 Å². The lowest BCUT2D eigenvalue weighted by Crippen LogP contribution is -2.26. The van der Waals surface area contributed by atoms with Gasteiger partial charge in [-0.25, -0.2) is 13.1 Å². The van der Waals surface area contributed by atoms with E-state index in [1.807, 2.05) is 34.6 Å². The zero-order chi connectivity index (χ0) is 21.2. The second-order valence-electron chi connectivity index (χ2n) is 6.80. The highest BCUT2D eigenvalue weighted by atomic mass is 32.2. The van der Waals surface area contributed by atoms with Crippen LogP contribution in [0.3, 0.4) is 0 Å². The Balaban J connectivity index is 2.45. The molecule has 28 heavy (non-hydrogen) atoms. The first-order valence-electron chi connectivity index (χ1n) is 8.94. The molecule has 0 heterocycles. The first-order valence-corrected chi connectivity index (χ1v) is 10.4. The summed E-state index contributed by atoms with van der Waals surface area (Å²) in [5.74, 6) is 1.54. The van der Waals surface area contributed by atoms with Crippen molar-refractivity contribution in [2.45, 2.75) is 46.1 Å². The summed E-state index contributed by atoms with van der Waals surface area (Å²) in [6, 6.07) is 3.39. The predicted octanol–water partition coefficient (Wildman–Crippen LogP) is 3.73. The predicted molar refractivity (Wildman–Crippen MR) is 110 cm³/mol. The number of methoxy groups -OCH3 is 3. The number of hydrogen-bond acceptors (Lipinski definition) is 5. The number of rotatable bonds is 7. The Morgan fingerprint density at radius 1 is 0.714 bits per heavy atom. The quantitative estimate of drug-likeness (QED) is 0.757. The van der Waals surface area contributed by atoms with E-state index in [1.54, 1.807) is 12.1 Å². The van der Waals surface area contributed by atoms with Crippen molar-refractivity contribution in [1.82, 2.24) is 4.72 Å². The van der Waals surface area contributed by atoms with Crippen LogP contribution in [0.5, 0.6) is 17.2 Å². The zero-order valence-electron chi connectivity index (χ0n) is 17.8. The average molecular weight is 408 g/mol. The Morgan fingerprint density at radius 2 is 1.14 bits per heavy atom. The first-order chi connectivity index (χ1) is 13.1. The van der Waals surface area contributed by atoms with Crippen LogP contribution in [0.25, 0.3) is 0 Å². The van der Waals surface area contributed by atoms with E-state index in [1.165, 1.54) is 21.3 Å². The summed E-state index contributed by atoms with van der Waals surface area (Å²) in [4.78, 5) is 0.340. The van der Waals surface area contributed by atoms with Crippen LogP contribution in [0.1, 0.15) is 33.4 Å². The molecule has 2 aromatic carbocycles. The van der Waals surface area contributed by atoms with E-state index in [9.17, 15) is 8.42 Å². The molecule has 0 saturated heterocycles. The molecule has 0 amide bonds. The van der Waals surface area contributed by atoms with Crippen molar-refractivity contribution in [3.63, 3.8) is 0 Å². The van der Waals surface area contributed by atoms with Gasteiger partial charge in [-0.3, -0.25) is 0 Å². The van der Waals surface area contributed by atoms with Crippen molar-refractivity contribution in [3.8, 4) is 17.2 Å². The Bertz CT molecular complexity index is 968. The van der Waals surface area contributed by atoms with Crippen LogP contribution in [-0.4, -0.2) is 29.7 Å². The molecule has 0 aliphatic rings. The molecule has 154 valence electrons. The number of hydrogen-bond donors (Lipinski definition) is 1. The van der Waals surface area contributed by atoms with Crippen LogP contribution in [0.2, 0.25) is 0 Å². The van der Waals surface area contributed by atoms with E-state index in [2.05, 4.69) is 4.72 Å². The lowest BCUT2D eigenvalue weighted by Gasteiger charge is -2.19. The molecule has 2 aromatic rings. The van der Waals surface area contributed by atoms with Gasteiger partial charge in [0, 0.05) is 18.2 Å². The molecule has 0 fully saturated rings. The molecule has 0 spiro atoms.